The van der Waals surface area contributed by atoms with E-state index >= 15 is 0 Å². The van der Waals surface area contributed by atoms with Crippen LogP contribution in [0.3, 0.4) is 0 Å². The van der Waals surface area contributed by atoms with Gasteiger partial charge in [-0.2, -0.15) is 5.10 Å². The zero-order chi connectivity index (χ0) is 13.3. The predicted molar refractivity (Wildman–Crippen MR) is 73.8 cm³/mol. The number of nitrogen functional groups attached to an aromatic ring is 1. The number of hydrogen-bond acceptors (Lipinski definition) is 3. The second-order valence-corrected chi connectivity index (χ2v) is 4.47. The molecule has 0 fully saturated rings. The van der Waals surface area contributed by atoms with Crippen molar-refractivity contribution in [3.8, 4) is 16.9 Å². The maximum atomic E-state index is 5.93. The van der Waals surface area contributed by atoms with Crippen LogP contribution in [0.5, 0.6) is 5.75 Å². The monoisotopic (exact) mass is 245 g/mol. The van der Waals surface area contributed by atoms with Gasteiger partial charge in [0.2, 0.25) is 0 Å². The number of nitrogens with zero attached hydrogens (tertiary/aromatic N) is 1. The van der Waals surface area contributed by atoms with Gasteiger partial charge in [-0.1, -0.05) is 0 Å². The van der Waals surface area contributed by atoms with Crippen LogP contribution in [0.15, 0.2) is 12.1 Å². The third kappa shape index (κ3) is 2.06. The minimum Gasteiger partial charge on any atom is -0.494 e. The van der Waals surface area contributed by atoms with E-state index in [1.165, 1.54) is 0 Å². The lowest BCUT2D eigenvalue weighted by Crippen LogP contribution is -1.97. The first-order valence-electron chi connectivity index (χ1n) is 6.09. The van der Waals surface area contributed by atoms with Crippen molar-refractivity contribution >= 4 is 5.82 Å². The Morgan fingerprint density at radius 2 is 1.78 bits per heavy atom. The van der Waals surface area contributed by atoms with E-state index in [2.05, 4.69) is 24.0 Å². The van der Waals surface area contributed by atoms with E-state index < -0.39 is 0 Å². The number of anilines is 1. The molecule has 96 valence electrons. The number of H-pyrrole nitrogens is 1. The zero-order valence-electron chi connectivity index (χ0n) is 11.3. The van der Waals surface area contributed by atoms with Gasteiger partial charge in [-0.05, 0) is 56.5 Å². The van der Waals surface area contributed by atoms with Crippen molar-refractivity contribution in [2.24, 2.45) is 0 Å². The van der Waals surface area contributed by atoms with Gasteiger partial charge in [-0.25, -0.2) is 0 Å². The Morgan fingerprint density at radius 1 is 1.17 bits per heavy atom. The van der Waals surface area contributed by atoms with Crippen LogP contribution in [0.2, 0.25) is 0 Å². The molecule has 0 aliphatic heterocycles. The van der Waals surface area contributed by atoms with Crippen molar-refractivity contribution in [3.63, 3.8) is 0 Å². The Labute approximate surface area is 107 Å². The van der Waals surface area contributed by atoms with E-state index in [1.807, 2.05) is 26.0 Å². The maximum absolute atomic E-state index is 5.93. The predicted octanol–water partition coefficient (Wildman–Crippen LogP) is 2.98. The van der Waals surface area contributed by atoms with Gasteiger partial charge in [-0.15, -0.1) is 0 Å². The minimum absolute atomic E-state index is 0.544. The van der Waals surface area contributed by atoms with Gasteiger partial charge in [0.25, 0.3) is 0 Å². The molecule has 3 N–H and O–H groups in total. The highest BCUT2D eigenvalue weighted by molar-refractivity contribution is 5.81. The highest BCUT2D eigenvalue weighted by Crippen LogP contribution is 2.35. The average Bonchev–Trinajstić information content (AvgIpc) is 2.60. The Kier molecular flexibility index (Phi) is 3.28. The molecular weight excluding hydrogens is 226 g/mol. The van der Waals surface area contributed by atoms with Crippen molar-refractivity contribution in [1.82, 2.24) is 10.2 Å². The van der Waals surface area contributed by atoms with Crippen LogP contribution in [0.4, 0.5) is 5.82 Å². The van der Waals surface area contributed by atoms with Gasteiger partial charge in [0.15, 0.2) is 5.82 Å². The topological polar surface area (TPSA) is 63.9 Å². The molecule has 0 aliphatic rings. The summed E-state index contributed by atoms with van der Waals surface area (Å²) in [6.07, 6.45) is 0. The molecule has 2 rings (SSSR count). The fourth-order valence-corrected chi connectivity index (χ4v) is 2.33. The largest absolute Gasteiger partial charge is 0.494 e. The number of nitrogens with one attached hydrogen (secondary N) is 1. The van der Waals surface area contributed by atoms with Crippen molar-refractivity contribution in [2.45, 2.75) is 27.7 Å². The molecule has 0 spiro atoms. The molecule has 0 aliphatic carbocycles. The highest BCUT2D eigenvalue weighted by atomic mass is 16.5. The van der Waals surface area contributed by atoms with Gasteiger partial charge in [0.05, 0.1) is 6.61 Å². The lowest BCUT2D eigenvalue weighted by Gasteiger charge is -2.13. The van der Waals surface area contributed by atoms with Gasteiger partial charge in [-0.3, -0.25) is 5.10 Å². The lowest BCUT2D eigenvalue weighted by atomic mass is 9.95. The standard InChI is InChI=1S/C14H19N3O/c1-5-18-11-6-8(2)12(9(3)7-11)13-10(4)16-17-14(13)15/h6-7H,5H2,1-4H3,(H3,15,16,17). The number of aromatic amines is 1. The molecule has 0 saturated heterocycles. The normalized spacial score (nSPS) is 10.7. The van der Waals surface area contributed by atoms with Gasteiger partial charge < -0.3 is 10.5 Å². The first-order valence-corrected chi connectivity index (χ1v) is 6.09. The molecular formula is C14H19N3O. The summed E-state index contributed by atoms with van der Waals surface area (Å²) in [5, 5.41) is 6.98. The van der Waals surface area contributed by atoms with Gasteiger partial charge in [0.1, 0.15) is 5.75 Å². The number of hydrogen-bond donors (Lipinski definition) is 2. The highest BCUT2D eigenvalue weighted by Gasteiger charge is 2.15. The fraction of sp³-hybridized carbons (Fsp3) is 0.357. The average molecular weight is 245 g/mol. The summed E-state index contributed by atoms with van der Waals surface area (Å²) in [6.45, 7) is 8.77. The summed E-state index contributed by atoms with van der Waals surface area (Å²) in [5.41, 5.74) is 11.4. The van der Waals surface area contributed by atoms with Crippen LogP contribution >= 0.6 is 0 Å². The lowest BCUT2D eigenvalue weighted by molar-refractivity contribution is 0.340. The number of ether oxygens (including phenoxy) is 1. The zero-order valence-corrected chi connectivity index (χ0v) is 11.3. The molecule has 4 heteroatoms. The number of benzene rings is 1. The van der Waals surface area contributed by atoms with Crippen LogP contribution in [0.1, 0.15) is 23.7 Å². The molecule has 4 nitrogen and oxygen atoms in total. The van der Waals surface area contributed by atoms with Crippen molar-refractivity contribution in [1.29, 1.82) is 0 Å². The summed E-state index contributed by atoms with van der Waals surface area (Å²) < 4.78 is 5.55. The molecule has 2 aromatic rings. The van der Waals surface area contributed by atoms with E-state index in [0.717, 1.165) is 33.7 Å². The summed E-state index contributed by atoms with van der Waals surface area (Å²) >= 11 is 0. The second kappa shape index (κ2) is 4.72. The Hall–Kier alpha value is -1.97. The Morgan fingerprint density at radius 3 is 2.22 bits per heavy atom. The number of aromatic nitrogens is 2. The van der Waals surface area contributed by atoms with E-state index in [1.54, 1.807) is 0 Å². The number of nitrogens with two attached hydrogens (primary N) is 1. The van der Waals surface area contributed by atoms with Crippen molar-refractivity contribution in [3.05, 3.63) is 29.0 Å². The minimum atomic E-state index is 0.544. The van der Waals surface area contributed by atoms with Crippen LogP contribution < -0.4 is 10.5 Å². The first-order chi connectivity index (χ1) is 8.54. The van der Waals surface area contributed by atoms with Crippen molar-refractivity contribution in [2.75, 3.05) is 12.3 Å². The van der Waals surface area contributed by atoms with E-state index in [-0.39, 0.29) is 0 Å². The Bertz CT molecular complexity index is 530. The number of rotatable bonds is 3. The van der Waals surface area contributed by atoms with Crippen LogP contribution in [0.25, 0.3) is 11.1 Å². The van der Waals surface area contributed by atoms with E-state index in [4.69, 9.17) is 10.5 Å². The van der Waals surface area contributed by atoms with Gasteiger partial charge in [0, 0.05) is 11.3 Å². The fourth-order valence-electron chi connectivity index (χ4n) is 2.33. The SMILES string of the molecule is CCOc1cc(C)c(-c2c(N)n[nH]c2C)c(C)c1. The molecule has 0 amide bonds. The summed E-state index contributed by atoms with van der Waals surface area (Å²) in [6, 6.07) is 4.08. The molecule has 1 heterocycles. The first kappa shape index (κ1) is 12.5. The molecule has 18 heavy (non-hydrogen) atoms. The van der Waals surface area contributed by atoms with E-state index in [0.29, 0.717) is 12.4 Å². The molecule has 0 unspecified atom stereocenters. The van der Waals surface area contributed by atoms with Gasteiger partial charge >= 0.3 is 0 Å². The quantitative estimate of drug-likeness (QED) is 0.873. The molecule has 0 saturated carbocycles. The van der Waals surface area contributed by atoms with Crippen LogP contribution in [0, 0.1) is 20.8 Å². The molecule has 0 bridgehead atoms. The van der Waals surface area contributed by atoms with Crippen molar-refractivity contribution < 1.29 is 4.74 Å². The smallest absolute Gasteiger partial charge is 0.153 e. The molecule has 0 radical (unpaired) electrons. The molecule has 0 atom stereocenters. The Balaban J connectivity index is 2.59. The molecule has 1 aromatic heterocycles. The van der Waals surface area contributed by atoms with Crippen LogP contribution in [-0.4, -0.2) is 16.8 Å². The summed E-state index contributed by atoms with van der Waals surface area (Å²) in [5.74, 6) is 1.44. The summed E-state index contributed by atoms with van der Waals surface area (Å²) in [4.78, 5) is 0. The van der Waals surface area contributed by atoms with E-state index in [9.17, 15) is 0 Å². The third-order valence-corrected chi connectivity index (χ3v) is 3.04. The summed E-state index contributed by atoms with van der Waals surface area (Å²) in [7, 11) is 0. The number of aryl methyl sites for hydroxylation is 3. The third-order valence-electron chi connectivity index (χ3n) is 3.04. The second-order valence-electron chi connectivity index (χ2n) is 4.47. The van der Waals surface area contributed by atoms with Crippen LogP contribution in [-0.2, 0) is 0 Å². The molecule has 1 aromatic carbocycles. The maximum Gasteiger partial charge on any atom is 0.153 e.